The van der Waals surface area contributed by atoms with E-state index in [1.807, 2.05) is 24.3 Å². The summed E-state index contributed by atoms with van der Waals surface area (Å²) in [5.74, 6) is -1.46. The molecule has 6 saturated carbocycles. The van der Waals surface area contributed by atoms with Gasteiger partial charge in [-0.2, -0.15) is 26.3 Å². The van der Waals surface area contributed by atoms with Crippen molar-refractivity contribution in [2.24, 2.45) is 0 Å². The van der Waals surface area contributed by atoms with Crippen LogP contribution >= 0.6 is 34.8 Å². The molecule has 6 aromatic heterocycles. The lowest BCUT2D eigenvalue weighted by molar-refractivity contribution is -0.138. The minimum atomic E-state index is -4.38. The van der Waals surface area contributed by atoms with Crippen LogP contribution in [0.4, 0.5) is 43.9 Å². The predicted molar refractivity (Wildman–Crippen MR) is 491 cm³/mol. The van der Waals surface area contributed by atoms with Crippen molar-refractivity contribution in [2.75, 3.05) is 39.6 Å². The Labute approximate surface area is 806 Å². The van der Waals surface area contributed by atoms with Gasteiger partial charge >= 0.3 is 12.4 Å². The second-order valence-electron chi connectivity index (χ2n) is 35.8. The zero-order chi connectivity index (χ0) is 100.0. The molecular formula is C102H95Cl3F10N12O12. The topological polar surface area (TPSA) is 378 Å². The molecule has 18 rings (SSSR count). The molecule has 0 unspecified atom stereocenters. The summed E-state index contributed by atoms with van der Waals surface area (Å²) >= 11 is 18.3. The minimum Gasteiger partial charge on any atom is -0.388 e. The molecule has 6 N–H and O–H groups in total. The molecule has 0 amide bonds. The zero-order valence-corrected chi connectivity index (χ0v) is 77.5. The number of alkyl halides is 6. The number of aliphatic hydroxyl groups excluding tert-OH is 6. The van der Waals surface area contributed by atoms with E-state index in [2.05, 4.69) is 59.8 Å². The lowest BCUT2D eigenvalue weighted by Crippen LogP contribution is -2.26. The van der Waals surface area contributed by atoms with Gasteiger partial charge in [0, 0.05) is 160 Å². The number of Topliss-reactive ketones (excluding diaryl/α,β-unsaturated/α-hetero) is 6. The summed E-state index contributed by atoms with van der Waals surface area (Å²) in [5, 5.41) is 54.6. The van der Waals surface area contributed by atoms with Crippen LogP contribution in [0.3, 0.4) is 0 Å². The lowest BCUT2D eigenvalue weighted by Gasteiger charge is -2.29. The van der Waals surface area contributed by atoms with E-state index in [4.69, 9.17) is 65.4 Å². The fourth-order valence-corrected chi connectivity index (χ4v) is 18.0. The average molecular weight is 1980 g/mol. The Morgan fingerprint density at radius 3 is 0.842 bits per heavy atom. The number of aryl methyl sites for hydroxylation is 2. The van der Waals surface area contributed by atoms with E-state index < -0.39 is 103 Å². The van der Waals surface area contributed by atoms with E-state index in [1.165, 1.54) is 117 Å². The normalized spacial score (nSPS) is 15.8. The van der Waals surface area contributed by atoms with Gasteiger partial charge in [-0.1, -0.05) is 101 Å². The second-order valence-corrected chi connectivity index (χ2v) is 37.1. The predicted octanol–water partition coefficient (Wildman–Crippen LogP) is 17.5. The van der Waals surface area contributed by atoms with Gasteiger partial charge in [0.15, 0.2) is 46.3 Å². The summed E-state index contributed by atoms with van der Waals surface area (Å²) in [4.78, 5) is 118. The van der Waals surface area contributed by atoms with Crippen LogP contribution in [0.1, 0.15) is 243 Å². The molecule has 0 radical (unpaired) electrons. The number of carbonyl (C=O) groups excluding carboxylic acids is 6. The van der Waals surface area contributed by atoms with Crippen molar-refractivity contribution in [3.63, 3.8) is 0 Å². The summed E-state index contributed by atoms with van der Waals surface area (Å²) in [7, 11) is 0. The second kappa shape index (κ2) is 44.5. The van der Waals surface area contributed by atoms with Crippen molar-refractivity contribution in [2.45, 2.75) is 187 Å². The molecule has 0 spiro atoms. The first-order valence-corrected chi connectivity index (χ1v) is 45.6. The highest BCUT2D eigenvalue weighted by atomic mass is 35.5. The molecule has 0 atom stereocenters. The smallest absolute Gasteiger partial charge is 0.388 e. The van der Waals surface area contributed by atoms with Gasteiger partial charge in [-0.3, -0.25) is 28.8 Å². The van der Waals surface area contributed by atoms with Gasteiger partial charge in [-0.05, 0) is 197 Å². The summed E-state index contributed by atoms with van der Waals surface area (Å²) < 4.78 is 132. The van der Waals surface area contributed by atoms with Crippen LogP contribution < -0.4 is 0 Å². The highest BCUT2D eigenvalue weighted by Crippen LogP contribution is 2.56. The van der Waals surface area contributed by atoms with E-state index in [1.54, 1.807) is 44.2 Å². The highest BCUT2D eigenvalue weighted by molar-refractivity contribution is 6.34. The molecule has 726 valence electrons. The fourth-order valence-electron chi connectivity index (χ4n) is 17.1. The van der Waals surface area contributed by atoms with E-state index in [0.29, 0.717) is 127 Å². The van der Waals surface area contributed by atoms with Crippen molar-refractivity contribution in [3.05, 3.63) is 352 Å². The first-order valence-electron chi connectivity index (χ1n) is 44.4. The van der Waals surface area contributed by atoms with E-state index >= 15 is 0 Å². The third kappa shape index (κ3) is 26.7. The molecule has 24 nitrogen and oxygen atoms in total. The van der Waals surface area contributed by atoms with Gasteiger partial charge < -0.3 is 30.6 Å². The average Bonchev–Trinajstić information content (AvgIpc) is 1.61. The number of benzene rings is 6. The zero-order valence-electron chi connectivity index (χ0n) is 75.2. The van der Waals surface area contributed by atoms with Crippen LogP contribution in [0.2, 0.25) is 15.1 Å². The van der Waals surface area contributed by atoms with Crippen LogP contribution in [-0.4, -0.2) is 165 Å². The highest BCUT2D eigenvalue weighted by Gasteiger charge is 2.51. The maximum atomic E-state index is 14.0. The van der Waals surface area contributed by atoms with Crippen molar-refractivity contribution in [3.8, 4) is 0 Å². The third-order valence-electron chi connectivity index (χ3n) is 25.8. The van der Waals surface area contributed by atoms with Gasteiger partial charge in [-0.25, -0.2) is 77.4 Å². The number of nitrogens with zero attached hydrogens (tertiary/aromatic N) is 12. The van der Waals surface area contributed by atoms with Crippen molar-refractivity contribution in [1.82, 2.24) is 59.8 Å². The Morgan fingerprint density at radius 1 is 0.302 bits per heavy atom. The summed E-state index contributed by atoms with van der Waals surface area (Å²) in [6.45, 7) is -0.150. The molecule has 37 heteroatoms. The Morgan fingerprint density at radius 2 is 0.568 bits per heavy atom. The van der Waals surface area contributed by atoms with E-state index in [9.17, 15) is 72.7 Å². The number of halogens is 13. The van der Waals surface area contributed by atoms with Gasteiger partial charge in [0.2, 0.25) is 0 Å². The van der Waals surface area contributed by atoms with Crippen LogP contribution in [0, 0.1) is 37.1 Å². The monoisotopic (exact) mass is 1970 g/mol. The summed E-state index contributed by atoms with van der Waals surface area (Å²) in [5.41, 5.74) is 4.79. The summed E-state index contributed by atoms with van der Waals surface area (Å²) in [6.07, 6.45) is 24.0. The van der Waals surface area contributed by atoms with Crippen LogP contribution in [0.15, 0.2) is 190 Å². The van der Waals surface area contributed by atoms with Gasteiger partial charge in [0.25, 0.3) is 0 Å². The molecule has 6 aliphatic rings. The summed E-state index contributed by atoms with van der Waals surface area (Å²) in [6, 6.07) is 29.2. The number of aliphatic hydroxyl groups is 6. The molecule has 0 aliphatic heterocycles. The largest absolute Gasteiger partial charge is 0.416 e. The maximum absolute atomic E-state index is 14.0. The maximum Gasteiger partial charge on any atom is 0.416 e. The molecule has 139 heavy (non-hydrogen) atoms. The first-order chi connectivity index (χ1) is 66.2. The third-order valence-corrected chi connectivity index (χ3v) is 26.6. The number of carbonyl (C=O) groups is 6. The van der Waals surface area contributed by atoms with Crippen LogP contribution in [0.25, 0.3) is 0 Å². The Hall–Kier alpha value is -12.3. The molecular weight excluding hydrogens is 1880 g/mol. The molecule has 0 saturated heterocycles. The van der Waals surface area contributed by atoms with Gasteiger partial charge in [0.05, 0.1) is 44.5 Å². The SMILES string of the molecule is Cc1cc(C(F)(F)F)cc(C2(Cc3ncc(C(=O)CO)cn3)CC2)c1.Cc1cc(C(F)(F)F)cc(C2(Cc3ncc(C(=O)CO)cn3)CC2)c1.O=C(CO)c1cnc(CC2(c3cc(Cl)cc(Cl)c3)CC2)nc1.O=C(CO)c1cnc(CC2(c3ccc(F)cc3)CCCC2)nc1.O=C(CO)c1cnc(CC2(c3ccc(F)cc3Cl)CC2)nc1.O=C(CO)c1cnc(CC2(c3cccc(F)c3F)CC2)nc1. The Kier molecular flexibility index (Phi) is 33.3. The van der Waals surface area contributed by atoms with Crippen LogP contribution in [0.5, 0.6) is 0 Å². The molecule has 6 heterocycles. The van der Waals surface area contributed by atoms with Crippen LogP contribution in [-0.2, 0) is 83.4 Å². The molecule has 6 aromatic carbocycles. The van der Waals surface area contributed by atoms with Crippen molar-refractivity contribution >= 4 is 69.5 Å². The van der Waals surface area contributed by atoms with E-state index in [-0.39, 0.29) is 72.5 Å². The number of hydrogen-bond donors (Lipinski definition) is 6. The molecule has 12 aromatic rings. The number of hydrogen-bond acceptors (Lipinski definition) is 24. The van der Waals surface area contributed by atoms with Crippen molar-refractivity contribution in [1.29, 1.82) is 0 Å². The molecule has 6 fully saturated rings. The number of aromatic nitrogens is 12. The van der Waals surface area contributed by atoms with Crippen molar-refractivity contribution < 1.29 is 103 Å². The first kappa shape index (κ1) is 104. The number of rotatable bonds is 30. The quantitative estimate of drug-likeness (QED) is 0.0180. The molecule has 0 bridgehead atoms. The van der Waals surface area contributed by atoms with Gasteiger partial charge in [-0.15, -0.1) is 0 Å². The minimum absolute atomic E-state index is 0.0168. The van der Waals surface area contributed by atoms with Gasteiger partial charge in [0.1, 0.15) is 86.2 Å². The standard InChI is InChI=1S/2C18H17F3N2O2.C18H19FN2O2.C16H14Cl2N2O2.C16H14ClFN2O2.C16H14F2N2O2/c2*1-11-4-13(6-14(5-11)18(19,20)21)17(2-3-17)7-16-22-8-12(9-23-16)15(25)10-24;19-15-5-3-14(4-6-15)18(7-1-2-8-18)9-17-20-10-13(11-21-17)16(23)12-22;17-12-3-11(4-13(18)5-12)16(1-2-16)6-15-19-7-10(8-20-15)14(22)9-21;17-13-5-11(18)1-2-12(13)16(3-4-16)6-15-19-7-10(8-20-15)14(22)9-21;17-12-3-1-2-11(15(12)18)16(4-5-16)6-14-19-7-10(8-20-14)13(22)9-21/h2*4-6,8-9,24H,2-3,7,10H2,1H3;3-6,10-11,22H,1-2,7-9,12H2;3-5,7-8,21H,1-2,6,9H2;1-2,5,7-8,21H,3-4,6,9H2;1-3,7-8,21H,4-6,9H2. The number of ketones is 6. The Balaban J connectivity index is 0.000000141. The molecule has 6 aliphatic carbocycles. The van der Waals surface area contributed by atoms with E-state index in [0.717, 1.165) is 125 Å². The fraction of sp³-hybridized carbons (Fsp3) is 0.353. The Bertz CT molecular complexity index is 6260. The lowest BCUT2D eigenvalue weighted by atomic mass is 9.76.